The topological polar surface area (TPSA) is 100 Å². The molecule has 7 nitrogen and oxygen atoms in total. The number of anilines is 2. The lowest BCUT2D eigenvalue weighted by Crippen LogP contribution is -2.26. The number of nitrogens with zero attached hydrogens (tertiary/aromatic N) is 1. The number of hydrogen-bond acceptors (Lipinski definition) is 4. The van der Waals surface area contributed by atoms with E-state index in [1.807, 2.05) is 0 Å². The maximum atomic E-state index is 12.4. The van der Waals surface area contributed by atoms with Gasteiger partial charge in [-0.25, -0.2) is 0 Å². The zero-order valence-electron chi connectivity index (χ0n) is 13.7. The molecule has 3 rings (SSSR count). The quantitative estimate of drug-likeness (QED) is 0.778. The van der Waals surface area contributed by atoms with Crippen LogP contribution < -0.4 is 16.0 Å². The molecule has 0 radical (unpaired) electrons. The molecule has 0 unspecified atom stereocenters. The van der Waals surface area contributed by atoms with Gasteiger partial charge in [0.2, 0.25) is 5.91 Å². The summed E-state index contributed by atoms with van der Waals surface area (Å²) in [6.45, 7) is 1.41. The van der Waals surface area contributed by atoms with E-state index in [1.54, 1.807) is 30.3 Å². The Labute approximate surface area is 144 Å². The van der Waals surface area contributed by atoms with Crippen molar-refractivity contribution in [2.24, 2.45) is 0 Å². The van der Waals surface area contributed by atoms with Crippen molar-refractivity contribution in [3.8, 4) is 0 Å². The molecule has 3 N–H and O–H groups in total. The zero-order valence-corrected chi connectivity index (χ0v) is 13.7. The first-order valence-corrected chi connectivity index (χ1v) is 7.97. The Balaban J connectivity index is 1.70. The highest BCUT2D eigenvalue weighted by atomic mass is 16.2. The number of nitrogens with one attached hydrogen (secondary N) is 3. The highest BCUT2D eigenvalue weighted by molar-refractivity contribution is 6.05. The summed E-state index contributed by atoms with van der Waals surface area (Å²) in [6, 6.07) is 10.1. The van der Waals surface area contributed by atoms with E-state index in [4.69, 9.17) is 0 Å². The van der Waals surface area contributed by atoms with Crippen LogP contribution >= 0.6 is 0 Å². The molecule has 1 heterocycles. The summed E-state index contributed by atoms with van der Waals surface area (Å²) >= 11 is 0. The third-order valence-electron chi connectivity index (χ3n) is 3.61. The van der Waals surface area contributed by atoms with E-state index in [1.165, 1.54) is 19.2 Å². The number of rotatable bonds is 5. The highest BCUT2D eigenvalue weighted by Gasteiger charge is 2.24. The molecular formula is C18H18N4O3. The number of benzene rings is 1. The number of carbonyl (C=O) groups excluding carboxylic acids is 3. The Morgan fingerprint density at radius 2 is 1.72 bits per heavy atom. The summed E-state index contributed by atoms with van der Waals surface area (Å²) in [5.41, 5.74) is 1.65. The first kappa shape index (κ1) is 16.6. The van der Waals surface area contributed by atoms with E-state index in [9.17, 15) is 14.4 Å². The van der Waals surface area contributed by atoms with Gasteiger partial charge in [0.15, 0.2) is 0 Å². The largest absolute Gasteiger partial charge is 0.349 e. The van der Waals surface area contributed by atoms with Gasteiger partial charge in [0.25, 0.3) is 11.8 Å². The van der Waals surface area contributed by atoms with E-state index in [0.29, 0.717) is 16.9 Å². The van der Waals surface area contributed by atoms with Crippen LogP contribution in [0.2, 0.25) is 0 Å². The van der Waals surface area contributed by atoms with Crippen LogP contribution in [0, 0.1) is 0 Å². The predicted molar refractivity (Wildman–Crippen MR) is 93.4 cm³/mol. The predicted octanol–water partition coefficient (Wildman–Crippen LogP) is 2.18. The van der Waals surface area contributed by atoms with Crippen LogP contribution in [0.5, 0.6) is 0 Å². The van der Waals surface area contributed by atoms with Crippen molar-refractivity contribution >= 4 is 29.1 Å². The highest BCUT2D eigenvalue weighted by Crippen LogP contribution is 2.19. The second kappa shape index (κ2) is 7.12. The fraction of sp³-hybridized carbons (Fsp3) is 0.222. The fourth-order valence-electron chi connectivity index (χ4n) is 2.27. The fourth-order valence-corrected chi connectivity index (χ4v) is 2.27. The molecule has 1 aliphatic carbocycles. The Morgan fingerprint density at radius 3 is 2.40 bits per heavy atom. The van der Waals surface area contributed by atoms with E-state index < -0.39 is 5.91 Å². The van der Waals surface area contributed by atoms with Crippen LogP contribution in [-0.4, -0.2) is 28.7 Å². The Kier molecular flexibility index (Phi) is 4.74. The number of carbonyl (C=O) groups is 3. The van der Waals surface area contributed by atoms with Gasteiger partial charge in [-0.05, 0) is 43.2 Å². The molecule has 0 atom stereocenters. The van der Waals surface area contributed by atoms with Crippen LogP contribution in [0.4, 0.5) is 11.4 Å². The molecule has 0 spiro atoms. The molecule has 0 bridgehead atoms. The minimum atomic E-state index is -0.430. The van der Waals surface area contributed by atoms with Crippen molar-refractivity contribution in [3.63, 3.8) is 0 Å². The van der Waals surface area contributed by atoms with Crippen molar-refractivity contribution in [2.45, 2.75) is 25.8 Å². The van der Waals surface area contributed by atoms with E-state index in [0.717, 1.165) is 12.8 Å². The first-order chi connectivity index (χ1) is 12.0. The molecule has 0 saturated heterocycles. The van der Waals surface area contributed by atoms with Crippen molar-refractivity contribution in [1.82, 2.24) is 10.3 Å². The first-order valence-electron chi connectivity index (χ1n) is 7.97. The summed E-state index contributed by atoms with van der Waals surface area (Å²) in [4.78, 5) is 39.6. The van der Waals surface area contributed by atoms with Crippen LogP contribution in [0.15, 0.2) is 42.6 Å². The third kappa shape index (κ3) is 4.63. The summed E-state index contributed by atoms with van der Waals surface area (Å²) in [5.74, 6) is -0.827. The minimum Gasteiger partial charge on any atom is -0.349 e. The molecule has 3 amide bonds. The number of amides is 3. The van der Waals surface area contributed by atoms with Gasteiger partial charge in [-0.15, -0.1) is 0 Å². The molecule has 128 valence electrons. The number of aromatic nitrogens is 1. The van der Waals surface area contributed by atoms with Crippen LogP contribution in [0.3, 0.4) is 0 Å². The Morgan fingerprint density at radius 1 is 1.00 bits per heavy atom. The lowest BCUT2D eigenvalue weighted by atomic mass is 10.2. The maximum Gasteiger partial charge on any atom is 0.274 e. The van der Waals surface area contributed by atoms with Crippen molar-refractivity contribution in [2.75, 3.05) is 10.6 Å². The number of pyridine rings is 1. The molecule has 1 aromatic heterocycles. The van der Waals surface area contributed by atoms with Crippen LogP contribution in [0.1, 0.15) is 40.6 Å². The summed E-state index contributed by atoms with van der Waals surface area (Å²) in [6.07, 6.45) is 3.42. The van der Waals surface area contributed by atoms with Crippen molar-refractivity contribution in [1.29, 1.82) is 0 Å². The average Bonchev–Trinajstić information content (AvgIpc) is 3.38. The lowest BCUT2D eigenvalue weighted by molar-refractivity contribution is -0.114. The lowest BCUT2D eigenvalue weighted by Gasteiger charge is -2.08. The van der Waals surface area contributed by atoms with E-state index in [-0.39, 0.29) is 23.6 Å². The zero-order chi connectivity index (χ0) is 17.8. The average molecular weight is 338 g/mol. The SMILES string of the molecule is CC(=O)Nc1cccc(NC(=O)c2cc(C(=O)NC3CC3)ccn2)c1. The van der Waals surface area contributed by atoms with Gasteiger partial charge in [0.1, 0.15) is 5.69 Å². The Bertz CT molecular complexity index is 831. The monoisotopic (exact) mass is 338 g/mol. The van der Waals surface area contributed by atoms with E-state index >= 15 is 0 Å². The van der Waals surface area contributed by atoms with Gasteiger partial charge in [0, 0.05) is 36.1 Å². The molecule has 1 saturated carbocycles. The van der Waals surface area contributed by atoms with Crippen LogP contribution in [-0.2, 0) is 4.79 Å². The molecule has 0 aliphatic heterocycles. The molecule has 7 heteroatoms. The van der Waals surface area contributed by atoms with Crippen LogP contribution in [0.25, 0.3) is 0 Å². The third-order valence-corrected chi connectivity index (χ3v) is 3.61. The Hall–Kier alpha value is -3.22. The van der Waals surface area contributed by atoms with Gasteiger partial charge in [0.05, 0.1) is 0 Å². The molecule has 25 heavy (non-hydrogen) atoms. The summed E-state index contributed by atoms with van der Waals surface area (Å²) in [7, 11) is 0. The molecule has 1 aromatic carbocycles. The van der Waals surface area contributed by atoms with Crippen molar-refractivity contribution in [3.05, 3.63) is 53.9 Å². The molecule has 1 fully saturated rings. The van der Waals surface area contributed by atoms with Gasteiger partial charge in [-0.3, -0.25) is 19.4 Å². The molecule has 1 aliphatic rings. The van der Waals surface area contributed by atoms with Gasteiger partial charge >= 0.3 is 0 Å². The standard InChI is InChI=1S/C18H18N4O3/c1-11(23)20-14-3-2-4-15(10-14)22-18(25)16-9-12(7-8-19-16)17(24)21-13-5-6-13/h2-4,7-10,13H,5-6H2,1H3,(H,20,23)(H,21,24)(H,22,25). The summed E-state index contributed by atoms with van der Waals surface area (Å²) in [5, 5.41) is 8.23. The van der Waals surface area contributed by atoms with Gasteiger partial charge < -0.3 is 16.0 Å². The van der Waals surface area contributed by atoms with Gasteiger partial charge in [-0.2, -0.15) is 0 Å². The normalized spacial score (nSPS) is 13.0. The summed E-state index contributed by atoms with van der Waals surface area (Å²) < 4.78 is 0. The smallest absolute Gasteiger partial charge is 0.274 e. The number of hydrogen-bond donors (Lipinski definition) is 3. The maximum absolute atomic E-state index is 12.4. The second-order valence-electron chi connectivity index (χ2n) is 5.89. The molecule has 2 aromatic rings. The second-order valence-corrected chi connectivity index (χ2v) is 5.89. The molecular weight excluding hydrogens is 320 g/mol. The van der Waals surface area contributed by atoms with E-state index in [2.05, 4.69) is 20.9 Å². The minimum absolute atomic E-state index is 0.147. The van der Waals surface area contributed by atoms with Gasteiger partial charge in [-0.1, -0.05) is 6.07 Å². The van der Waals surface area contributed by atoms with Crippen molar-refractivity contribution < 1.29 is 14.4 Å².